The van der Waals surface area contributed by atoms with Crippen molar-refractivity contribution in [2.75, 3.05) is 0 Å². The lowest BCUT2D eigenvalue weighted by Crippen LogP contribution is -2.25. The molecule has 3 heterocycles. The van der Waals surface area contributed by atoms with E-state index in [0.717, 1.165) is 42.5 Å². The minimum absolute atomic E-state index is 0.267. The average Bonchev–Trinajstić information content (AvgIpc) is 3.44. The summed E-state index contributed by atoms with van der Waals surface area (Å²) in [5.41, 5.74) is 4.49. The van der Waals surface area contributed by atoms with Gasteiger partial charge in [0.2, 0.25) is 11.7 Å². The van der Waals surface area contributed by atoms with Gasteiger partial charge in [0.15, 0.2) is 11.5 Å². The van der Waals surface area contributed by atoms with Gasteiger partial charge >= 0.3 is 0 Å². The highest BCUT2D eigenvalue weighted by molar-refractivity contribution is 5.62. The number of nitrogens with zero attached hydrogens (tertiary/aromatic N) is 7. The molecule has 1 saturated carbocycles. The van der Waals surface area contributed by atoms with E-state index in [9.17, 15) is 5.26 Å². The summed E-state index contributed by atoms with van der Waals surface area (Å²) in [5, 5.41) is 26.8. The molecule has 31 heavy (non-hydrogen) atoms. The number of aromatic nitrogens is 6. The third kappa shape index (κ3) is 2.79. The molecule has 3 aliphatic carbocycles. The minimum atomic E-state index is 0.267. The van der Waals surface area contributed by atoms with Crippen molar-refractivity contribution in [3.05, 3.63) is 52.3 Å². The van der Waals surface area contributed by atoms with Crippen LogP contribution in [0, 0.1) is 18.3 Å². The maximum absolute atomic E-state index is 9.41. The van der Waals surface area contributed by atoms with Gasteiger partial charge in [0, 0.05) is 16.7 Å². The topological polar surface area (TPSA) is 115 Å². The second-order valence-electron chi connectivity index (χ2n) is 8.14. The highest BCUT2D eigenvalue weighted by atomic mass is 16.5. The van der Waals surface area contributed by atoms with Crippen LogP contribution in [0.4, 0.5) is 0 Å². The Morgan fingerprint density at radius 3 is 2.65 bits per heavy atom. The highest BCUT2D eigenvalue weighted by Gasteiger charge is 2.39. The molecule has 0 saturated heterocycles. The first kappa shape index (κ1) is 18.0. The van der Waals surface area contributed by atoms with E-state index >= 15 is 0 Å². The van der Waals surface area contributed by atoms with Gasteiger partial charge in [-0.1, -0.05) is 23.4 Å². The Hall–Kier alpha value is -3.80. The molecule has 9 heteroatoms. The van der Waals surface area contributed by atoms with Gasteiger partial charge in [0.05, 0.1) is 11.6 Å². The molecular weight excluding hydrogens is 394 g/mol. The molecule has 0 atom stereocenters. The van der Waals surface area contributed by atoms with Gasteiger partial charge < -0.3 is 9.26 Å². The summed E-state index contributed by atoms with van der Waals surface area (Å²) in [6.07, 6.45) is 4.53. The summed E-state index contributed by atoms with van der Waals surface area (Å²) < 4.78 is 13.2. The van der Waals surface area contributed by atoms with Crippen LogP contribution in [-0.2, 0) is 6.61 Å². The van der Waals surface area contributed by atoms with Crippen LogP contribution in [0.3, 0.4) is 0 Å². The Balaban J connectivity index is 1.50. The Labute approximate surface area is 177 Å². The Bertz CT molecular complexity index is 1340. The van der Waals surface area contributed by atoms with E-state index in [1.54, 1.807) is 17.5 Å². The number of ether oxygens (including phenoxy) is 1. The summed E-state index contributed by atoms with van der Waals surface area (Å²) in [7, 11) is 0. The van der Waals surface area contributed by atoms with Crippen LogP contribution in [0.1, 0.15) is 65.6 Å². The van der Waals surface area contributed by atoms with E-state index in [-0.39, 0.29) is 12.5 Å². The molecule has 1 fully saturated rings. The zero-order chi connectivity index (χ0) is 20.9. The van der Waals surface area contributed by atoms with E-state index < -0.39 is 0 Å². The number of hydrogen-bond acceptors (Lipinski definition) is 8. The van der Waals surface area contributed by atoms with Crippen molar-refractivity contribution < 1.29 is 9.26 Å². The molecule has 0 aliphatic heterocycles. The standard InChI is InChI=1S/C22H19N7O2/c1-12-24-22(31-28-12)20-26-25-19-17-13-6-8-14(9-7-13)18(17)21(27-29(19)20)30-11-16-5-3-2-4-15(16)10-23/h2-5,13-14H,6-9,11H2,1H3. The first-order valence-corrected chi connectivity index (χ1v) is 10.4. The molecule has 154 valence electrons. The fourth-order valence-corrected chi connectivity index (χ4v) is 4.92. The highest BCUT2D eigenvalue weighted by Crippen LogP contribution is 2.53. The summed E-state index contributed by atoms with van der Waals surface area (Å²) in [4.78, 5) is 4.29. The van der Waals surface area contributed by atoms with Gasteiger partial charge in [-0.25, -0.2) is 0 Å². The number of fused-ring (bicyclic) bond motifs is 3. The normalized spacial score (nSPS) is 19.4. The van der Waals surface area contributed by atoms with Crippen molar-refractivity contribution >= 4 is 5.65 Å². The zero-order valence-corrected chi connectivity index (χ0v) is 16.9. The Kier molecular flexibility index (Phi) is 3.99. The van der Waals surface area contributed by atoms with Crippen molar-refractivity contribution in [2.24, 2.45) is 0 Å². The third-order valence-electron chi connectivity index (χ3n) is 6.36. The van der Waals surface area contributed by atoms with Gasteiger partial charge in [-0.15, -0.1) is 15.3 Å². The van der Waals surface area contributed by atoms with Crippen LogP contribution >= 0.6 is 0 Å². The molecule has 0 amide bonds. The minimum Gasteiger partial charge on any atom is -0.472 e. The van der Waals surface area contributed by atoms with Gasteiger partial charge in [-0.3, -0.25) is 0 Å². The SMILES string of the molecule is Cc1noc(-c2nnc3c4c(c(OCc5ccccc5C#N)nn23)C2CCC4CC2)n1. The van der Waals surface area contributed by atoms with E-state index in [4.69, 9.17) is 14.4 Å². The average molecular weight is 413 g/mol. The van der Waals surface area contributed by atoms with Crippen LogP contribution < -0.4 is 4.74 Å². The lowest BCUT2D eigenvalue weighted by atomic mass is 9.67. The van der Waals surface area contributed by atoms with Gasteiger partial charge in [0.25, 0.3) is 5.89 Å². The molecule has 2 bridgehead atoms. The fraction of sp³-hybridized carbons (Fsp3) is 0.364. The fourth-order valence-electron chi connectivity index (χ4n) is 4.92. The lowest BCUT2D eigenvalue weighted by Gasteiger charge is -2.38. The van der Waals surface area contributed by atoms with Gasteiger partial charge in [0.1, 0.15) is 6.61 Å². The molecule has 9 nitrogen and oxygen atoms in total. The maximum Gasteiger partial charge on any atom is 0.297 e. The molecule has 1 aromatic carbocycles. The van der Waals surface area contributed by atoms with Crippen molar-refractivity contribution in [3.8, 4) is 23.7 Å². The molecular formula is C22H19N7O2. The predicted molar refractivity (Wildman–Crippen MR) is 108 cm³/mol. The van der Waals surface area contributed by atoms with Crippen LogP contribution in [0.15, 0.2) is 28.8 Å². The predicted octanol–water partition coefficient (Wildman–Crippen LogP) is 3.69. The number of rotatable bonds is 4. The lowest BCUT2D eigenvalue weighted by molar-refractivity contribution is 0.268. The third-order valence-corrected chi connectivity index (χ3v) is 6.36. The second-order valence-corrected chi connectivity index (χ2v) is 8.14. The first-order valence-electron chi connectivity index (χ1n) is 10.4. The van der Waals surface area contributed by atoms with Gasteiger partial charge in [-0.2, -0.15) is 14.8 Å². The molecule has 7 rings (SSSR count). The van der Waals surface area contributed by atoms with Crippen LogP contribution in [0.25, 0.3) is 17.4 Å². The molecule has 0 spiro atoms. The largest absolute Gasteiger partial charge is 0.472 e. The van der Waals surface area contributed by atoms with Crippen LogP contribution in [-0.4, -0.2) is 30.0 Å². The quantitative estimate of drug-likeness (QED) is 0.497. The first-order chi connectivity index (χ1) is 15.2. The number of nitriles is 1. The molecule has 3 aromatic heterocycles. The number of aryl methyl sites for hydroxylation is 1. The van der Waals surface area contributed by atoms with Crippen molar-refractivity contribution in [1.29, 1.82) is 5.26 Å². The monoisotopic (exact) mass is 413 g/mol. The van der Waals surface area contributed by atoms with E-state index in [0.29, 0.717) is 34.9 Å². The number of benzene rings is 1. The molecule has 3 aliphatic rings. The zero-order valence-electron chi connectivity index (χ0n) is 16.9. The summed E-state index contributed by atoms with van der Waals surface area (Å²) >= 11 is 0. The Morgan fingerprint density at radius 2 is 1.90 bits per heavy atom. The van der Waals surface area contributed by atoms with Crippen molar-refractivity contribution in [3.63, 3.8) is 0 Å². The number of hydrogen-bond donors (Lipinski definition) is 0. The van der Waals surface area contributed by atoms with Crippen molar-refractivity contribution in [2.45, 2.75) is 51.0 Å². The molecule has 4 aromatic rings. The van der Waals surface area contributed by atoms with Crippen molar-refractivity contribution in [1.82, 2.24) is 30.0 Å². The second kappa shape index (κ2) is 6.87. The molecule has 0 N–H and O–H groups in total. The van der Waals surface area contributed by atoms with E-state index in [1.165, 1.54) is 5.56 Å². The molecule has 0 unspecified atom stereocenters. The van der Waals surface area contributed by atoms with Crippen LogP contribution in [0.2, 0.25) is 0 Å². The van der Waals surface area contributed by atoms with Gasteiger partial charge in [-0.05, 0) is 50.5 Å². The maximum atomic E-state index is 9.41. The smallest absolute Gasteiger partial charge is 0.297 e. The molecule has 0 radical (unpaired) electrons. The van der Waals surface area contributed by atoms with E-state index in [2.05, 4.69) is 26.4 Å². The van der Waals surface area contributed by atoms with E-state index in [1.807, 2.05) is 18.2 Å². The summed E-state index contributed by atoms with van der Waals surface area (Å²) in [6, 6.07) is 9.68. The summed E-state index contributed by atoms with van der Waals surface area (Å²) in [6.45, 7) is 2.02. The van der Waals surface area contributed by atoms with Crippen LogP contribution in [0.5, 0.6) is 5.88 Å². The Morgan fingerprint density at radius 1 is 1.13 bits per heavy atom. The summed E-state index contributed by atoms with van der Waals surface area (Å²) in [5.74, 6) is 2.60.